The first-order valence-electron chi connectivity index (χ1n) is 6.60. The lowest BCUT2D eigenvalue weighted by atomic mass is 10.1. The van der Waals surface area contributed by atoms with Gasteiger partial charge in [-0.25, -0.2) is 4.98 Å². The Morgan fingerprint density at radius 3 is 2.85 bits per heavy atom. The summed E-state index contributed by atoms with van der Waals surface area (Å²) in [4.78, 5) is 7.90. The quantitative estimate of drug-likeness (QED) is 0.682. The number of aryl methyl sites for hydroxylation is 1. The van der Waals surface area contributed by atoms with Crippen LogP contribution in [0.15, 0.2) is 42.5 Å². The fourth-order valence-electron chi connectivity index (χ4n) is 2.29. The number of H-pyrrole nitrogens is 1. The average Bonchev–Trinajstić information content (AvgIpc) is 2.89. The molecule has 1 atom stereocenters. The van der Waals surface area contributed by atoms with Gasteiger partial charge in [-0.3, -0.25) is 0 Å². The van der Waals surface area contributed by atoms with Crippen molar-refractivity contribution in [3.63, 3.8) is 0 Å². The van der Waals surface area contributed by atoms with Crippen LogP contribution in [-0.2, 0) is 0 Å². The summed E-state index contributed by atoms with van der Waals surface area (Å²) in [5.41, 5.74) is 10.8. The van der Waals surface area contributed by atoms with Crippen molar-refractivity contribution >= 4 is 11.0 Å². The number of hydrogen-bond acceptors (Lipinski definition) is 3. The highest BCUT2D eigenvalue weighted by atomic mass is 16.3. The van der Waals surface area contributed by atoms with Gasteiger partial charge in [-0.15, -0.1) is 0 Å². The molecule has 0 saturated carbocycles. The molecule has 20 heavy (non-hydrogen) atoms. The van der Waals surface area contributed by atoms with E-state index >= 15 is 0 Å². The molecule has 0 bridgehead atoms. The topological polar surface area (TPSA) is 74.9 Å². The van der Waals surface area contributed by atoms with Gasteiger partial charge in [0.15, 0.2) is 0 Å². The molecule has 1 aromatic heterocycles. The molecule has 0 aliphatic carbocycles. The van der Waals surface area contributed by atoms with Crippen LogP contribution in [0.3, 0.4) is 0 Å². The molecule has 0 radical (unpaired) electrons. The first kappa shape index (κ1) is 12.8. The Morgan fingerprint density at radius 1 is 1.25 bits per heavy atom. The van der Waals surface area contributed by atoms with Crippen molar-refractivity contribution in [2.24, 2.45) is 5.73 Å². The number of aliphatic hydroxyl groups excluding tert-OH is 1. The van der Waals surface area contributed by atoms with Gasteiger partial charge in [0.1, 0.15) is 5.82 Å². The lowest BCUT2D eigenvalue weighted by molar-refractivity contribution is 0.268. The van der Waals surface area contributed by atoms with Gasteiger partial charge >= 0.3 is 0 Å². The first-order valence-corrected chi connectivity index (χ1v) is 6.60. The van der Waals surface area contributed by atoms with Crippen molar-refractivity contribution in [3.8, 4) is 11.4 Å². The zero-order chi connectivity index (χ0) is 14.1. The molecule has 1 heterocycles. The van der Waals surface area contributed by atoms with E-state index < -0.39 is 0 Å². The van der Waals surface area contributed by atoms with Crippen molar-refractivity contribution in [2.45, 2.75) is 13.0 Å². The Bertz CT molecular complexity index is 748. The van der Waals surface area contributed by atoms with Crippen molar-refractivity contribution in [1.82, 2.24) is 9.97 Å². The highest BCUT2D eigenvalue weighted by Crippen LogP contribution is 2.23. The summed E-state index contributed by atoms with van der Waals surface area (Å²) < 4.78 is 0. The van der Waals surface area contributed by atoms with Gasteiger partial charge in [0.2, 0.25) is 0 Å². The monoisotopic (exact) mass is 267 g/mol. The summed E-state index contributed by atoms with van der Waals surface area (Å²) in [6, 6.07) is 13.6. The summed E-state index contributed by atoms with van der Waals surface area (Å²) in [5.74, 6) is 0.846. The number of aromatic nitrogens is 2. The van der Waals surface area contributed by atoms with Crippen molar-refractivity contribution in [3.05, 3.63) is 53.6 Å². The summed E-state index contributed by atoms with van der Waals surface area (Å²) in [5, 5.41) is 9.12. The van der Waals surface area contributed by atoms with Gasteiger partial charge in [0, 0.05) is 5.56 Å². The Hall–Kier alpha value is -2.17. The molecule has 0 saturated heterocycles. The number of nitrogens with two attached hydrogens (primary N) is 1. The van der Waals surface area contributed by atoms with Crippen LogP contribution in [-0.4, -0.2) is 21.7 Å². The maximum atomic E-state index is 9.12. The predicted molar refractivity (Wildman–Crippen MR) is 80.3 cm³/mol. The number of nitrogens with one attached hydrogen (secondary N) is 1. The standard InChI is InChI=1S/C16H17N3O/c1-10-3-2-4-12(7-10)16-18-14-6-5-11(13(17)9-20)8-15(14)19-16/h2-8,13,20H,9,17H2,1H3,(H,18,19). The molecule has 4 heteroatoms. The largest absolute Gasteiger partial charge is 0.394 e. The number of imidazole rings is 1. The molecular weight excluding hydrogens is 250 g/mol. The Balaban J connectivity index is 2.06. The van der Waals surface area contributed by atoms with Crippen LogP contribution in [0.2, 0.25) is 0 Å². The zero-order valence-corrected chi connectivity index (χ0v) is 11.3. The van der Waals surface area contributed by atoms with Gasteiger partial charge in [-0.05, 0) is 30.7 Å². The van der Waals surface area contributed by atoms with Crippen LogP contribution in [0.1, 0.15) is 17.2 Å². The van der Waals surface area contributed by atoms with Gasteiger partial charge in [0.05, 0.1) is 23.7 Å². The summed E-state index contributed by atoms with van der Waals surface area (Å²) in [6.07, 6.45) is 0. The van der Waals surface area contributed by atoms with E-state index in [9.17, 15) is 0 Å². The number of aliphatic hydroxyl groups is 1. The number of benzene rings is 2. The van der Waals surface area contributed by atoms with Crippen molar-refractivity contribution < 1.29 is 5.11 Å². The zero-order valence-electron chi connectivity index (χ0n) is 11.3. The predicted octanol–water partition coefficient (Wildman–Crippen LogP) is 2.53. The lowest BCUT2D eigenvalue weighted by Crippen LogP contribution is -2.14. The average molecular weight is 267 g/mol. The van der Waals surface area contributed by atoms with Crippen LogP contribution < -0.4 is 5.73 Å². The molecule has 0 amide bonds. The summed E-state index contributed by atoms with van der Waals surface area (Å²) >= 11 is 0. The van der Waals surface area contributed by atoms with E-state index in [1.165, 1.54) is 5.56 Å². The molecule has 2 aromatic carbocycles. The molecule has 0 aliphatic rings. The number of fused-ring (bicyclic) bond motifs is 1. The highest BCUT2D eigenvalue weighted by molar-refractivity contribution is 5.80. The fraction of sp³-hybridized carbons (Fsp3) is 0.188. The van der Waals surface area contributed by atoms with Gasteiger partial charge in [0.25, 0.3) is 0 Å². The first-order chi connectivity index (χ1) is 9.67. The molecule has 3 aromatic rings. The van der Waals surface area contributed by atoms with Crippen molar-refractivity contribution in [1.29, 1.82) is 0 Å². The minimum atomic E-state index is -0.356. The van der Waals surface area contributed by atoms with E-state index in [1.54, 1.807) is 0 Å². The van der Waals surface area contributed by atoms with E-state index in [0.29, 0.717) is 0 Å². The highest BCUT2D eigenvalue weighted by Gasteiger charge is 2.09. The molecular formula is C16H17N3O. The smallest absolute Gasteiger partial charge is 0.138 e. The van der Waals surface area contributed by atoms with E-state index in [4.69, 9.17) is 10.8 Å². The third-order valence-corrected chi connectivity index (χ3v) is 3.42. The summed E-state index contributed by atoms with van der Waals surface area (Å²) in [7, 11) is 0. The van der Waals surface area contributed by atoms with Crippen LogP contribution in [0.4, 0.5) is 0 Å². The SMILES string of the molecule is Cc1cccc(-c2nc3ccc(C(N)CO)cc3[nH]2)c1. The second-order valence-corrected chi connectivity index (χ2v) is 5.02. The number of nitrogens with zero attached hydrogens (tertiary/aromatic N) is 1. The maximum Gasteiger partial charge on any atom is 0.138 e. The molecule has 4 N–H and O–H groups in total. The summed E-state index contributed by atoms with van der Waals surface area (Å²) in [6.45, 7) is 1.99. The van der Waals surface area contributed by atoms with Crippen LogP contribution in [0.25, 0.3) is 22.4 Å². The minimum absolute atomic E-state index is 0.0651. The molecule has 0 spiro atoms. The molecule has 3 rings (SSSR count). The fourth-order valence-corrected chi connectivity index (χ4v) is 2.29. The molecule has 102 valence electrons. The van der Waals surface area contributed by atoms with Gasteiger partial charge in [-0.1, -0.05) is 29.8 Å². The maximum absolute atomic E-state index is 9.12. The van der Waals surface area contributed by atoms with Crippen LogP contribution in [0, 0.1) is 6.92 Å². The minimum Gasteiger partial charge on any atom is -0.394 e. The number of aromatic amines is 1. The Morgan fingerprint density at radius 2 is 2.10 bits per heavy atom. The van der Waals surface area contributed by atoms with E-state index in [2.05, 4.69) is 29.0 Å². The van der Waals surface area contributed by atoms with E-state index in [0.717, 1.165) is 28.0 Å². The second kappa shape index (κ2) is 5.07. The third kappa shape index (κ3) is 2.31. The van der Waals surface area contributed by atoms with E-state index in [-0.39, 0.29) is 12.6 Å². The second-order valence-electron chi connectivity index (χ2n) is 5.02. The third-order valence-electron chi connectivity index (χ3n) is 3.42. The van der Waals surface area contributed by atoms with Crippen molar-refractivity contribution in [2.75, 3.05) is 6.61 Å². The normalized spacial score (nSPS) is 12.8. The molecule has 1 unspecified atom stereocenters. The van der Waals surface area contributed by atoms with Crippen LogP contribution >= 0.6 is 0 Å². The number of hydrogen-bond donors (Lipinski definition) is 3. The van der Waals surface area contributed by atoms with E-state index in [1.807, 2.05) is 30.3 Å². The Kier molecular flexibility index (Phi) is 3.26. The van der Waals surface area contributed by atoms with Crippen LogP contribution in [0.5, 0.6) is 0 Å². The lowest BCUT2D eigenvalue weighted by Gasteiger charge is -2.07. The molecule has 4 nitrogen and oxygen atoms in total. The molecule has 0 aliphatic heterocycles. The Labute approximate surface area is 117 Å². The molecule has 0 fully saturated rings. The number of rotatable bonds is 3. The van der Waals surface area contributed by atoms with Gasteiger partial charge < -0.3 is 15.8 Å². The van der Waals surface area contributed by atoms with Gasteiger partial charge in [-0.2, -0.15) is 0 Å².